The van der Waals surface area contributed by atoms with E-state index in [9.17, 15) is 0 Å². The highest BCUT2D eigenvalue weighted by atomic mass is 127. The summed E-state index contributed by atoms with van der Waals surface area (Å²) in [6, 6.07) is 0. The molecule has 0 aromatic carbocycles. The maximum atomic E-state index is 5.08. The highest BCUT2D eigenvalue weighted by Crippen LogP contribution is 2.15. The summed E-state index contributed by atoms with van der Waals surface area (Å²) in [5, 5.41) is 0. The summed E-state index contributed by atoms with van der Waals surface area (Å²) in [6.07, 6.45) is 0. The van der Waals surface area contributed by atoms with Crippen LogP contribution in [0.15, 0.2) is 0 Å². The smallest absolute Gasteiger partial charge is 0.112 e. The molecule has 0 unspecified atom stereocenters. The third-order valence-corrected chi connectivity index (χ3v) is 2.83. The van der Waals surface area contributed by atoms with Gasteiger partial charge in [0, 0.05) is 31.7 Å². The molecule has 1 fully saturated rings. The standard InChI is InChI=1S/C9H19IN2O/c1-9(2,3)12-6-4-11(5-7-12)8-13-10/h4-8H2,1-3H3. The third-order valence-electron chi connectivity index (χ3n) is 2.55. The quantitative estimate of drug-likeness (QED) is 0.722. The van der Waals surface area contributed by atoms with Gasteiger partial charge in [-0.1, -0.05) is 0 Å². The molecular weight excluding hydrogens is 279 g/mol. The minimum atomic E-state index is 0.317. The van der Waals surface area contributed by atoms with Gasteiger partial charge in [-0.25, -0.2) is 0 Å². The molecule has 1 saturated heterocycles. The third kappa shape index (κ3) is 3.69. The van der Waals surface area contributed by atoms with E-state index < -0.39 is 0 Å². The summed E-state index contributed by atoms with van der Waals surface area (Å²) >= 11 is 1.96. The summed E-state index contributed by atoms with van der Waals surface area (Å²) in [5.41, 5.74) is 0.317. The topological polar surface area (TPSA) is 15.7 Å². The Labute approximate surface area is 95.1 Å². The highest BCUT2D eigenvalue weighted by molar-refractivity contribution is 14.1. The fourth-order valence-electron chi connectivity index (χ4n) is 1.62. The monoisotopic (exact) mass is 298 g/mol. The van der Waals surface area contributed by atoms with Crippen molar-refractivity contribution >= 4 is 23.0 Å². The maximum Gasteiger partial charge on any atom is 0.112 e. The van der Waals surface area contributed by atoms with E-state index in [1.807, 2.05) is 23.0 Å². The second kappa shape index (κ2) is 4.91. The van der Waals surface area contributed by atoms with E-state index >= 15 is 0 Å². The Bertz CT molecular complexity index is 150. The lowest BCUT2D eigenvalue weighted by Gasteiger charge is -2.41. The van der Waals surface area contributed by atoms with Crippen LogP contribution in [0.1, 0.15) is 20.8 Å². The first-order chi connectivity index (χ1) is 6.04. The van der Waals surface area contributed by atoms with Gasteiger partial charge in [0.2, 0.25) is 0 Å². The number of rotatable bonds is 2. The zero-order chi connectivity index (χ0) is 9.90. The van der Waals surface area contributed by atoms with Crippen LogP contribution in [0, 0.1) is 0 Å². The second-order valence-electron chi connectivity index (χ2n) is 4.51. The lowest BCUT2D eigenvalue weighted by Crippen LogP contribution is -2.53. The number of nitrogens with zero attached hydrogens (tertiary/aromatic N) is 2. The molecule has 78 valence electrons. The molecule has 13 heavy (non-hydrogen) atoms. The molecule has 0 aromatic heterocycles. The molecule has 1 rings (SSSR count). The molecule has 1 heterocycles. The van der Waals surface area contributed by atoms with Gasteiger partial charge < -0.3 is 0 Å². The molecule has 3 nitrogen and oxygen atoms in total. The zero-order valence-corrected chi connectivity index (χ0v) is 10.9. The van der Waals surface area contributed by atoms with Gasteiger partial charge in [-0.15, -0.1) is 0 Å². The van der Waals surface area contributed by atoms with Gasteiger partial charge in [-0.05, 0) is 20.8 Å². The Morgan fingerprint density at radius 3 is 2.08 bits per heavy atom. The fraction of sp³-hybridized carbons (Fsp3) is 1.00. The summed E-state index contributed by atoms with van der Waals surface area (Å²) in [5.74, 6) is 0. The lowest BCUT2D eigenvalue weighted by molar-refractivity contribution is 0.0381. The summed E-state index contributed by atoms with van der Waals surface area (Å²) in [6.45, 7) is 12.2. The minimum absolute atomic E-state index is 0.317. The Balaban J connectivity index is 2.30. The highest BCUT2D eigenvalue weighted by Gasteiger charge is 2.25. The number of hydrogen-bond acceptors (Lipinski definition) is 3. The van der Waals surface area contributed by atoms with Crippen molar-refractivity contribution in [1.82, 2.24) is 9.80 Å². The van der Waals surface area contributed by atoms with E-state index in [2.05, 4.69) is 30.6 Å². The van der Waals surface area contributed by atoms with Crippen molar-refractivity contribution in [3.63, 3.8) is 0 Å². The molecule has 0 aromatic rings. The molecule has 0 saturated carbocycles. The van der Waals surface area contributed by atoms with Crippen molar-refractivity contribution < 1.29 is 3.07 Å². The fourth-order valence-corrected chi connectivity index (χ4v) is 2.01. The van der Waals surface area contributed by atoms with Crippen LogP contribution in [0.25, 0.3) is 0 Å². The van der Waals surface area contributed by atoms with Crippen molar-refractivity contribution in [1.29, 1.82) is 0 Å². The Morgan fingerprint density at radius 2 is 1.69 bits per heavy atom. The molecule has 0 amide bonds. The van der Waals surface area contributed by atoms with E-state index in [0.29, 0.717) is 5.54 Å². The van der Waals surface area contributed by atoms with Crippen LogP contribution in [0.4, 0.5) is 0 Å². The summed E-state index contributed by atoms with van der Waals surface area (Å²) < 4.78 is 5.08. The Morgan fingerprint density at radius 1 is 1.15 bits per heavy atom. The van der Waals surface area contributed by atoms with Crippen molar-refractivity contribution in [2.45, 2.75) is 26.3 Å². The van der Waals surface area contributed by atoms with Crippen LogP contribution in [-0.2, 0) is 3.07 Å². The minimum Gasteiger partial charge on any atom is -0.300 e. The molecule has 1 aliphatic rings. The molecule has 0 atom stereocenters. The van der Waals surface area contributed by atoms with Gasteiger partial charge in [-0.3, -0.25) is 12.9 Å². The molecule has 4 heteroatoms. The first-order valence-electron chi connectivity index (χ1n) is 4.75. The van der Waals surface area contributed by atoms with E-state index in [1.54, 1.807) is 0 Å². The van der Waals surface area contributed by atoms with Crippen molar-refractivity contribution in [2.75, 3.05) is 32.9 Å². The van der Waals surface area contributed by atoms with Crippen LogP contribution >= 0.6 is 23.0 Å². The molecule has 0 aliphatic carbocycles. The summed E-state index contributed by atoms with van der Waals surface area (Å²) in [4.78, 5) is 4.87. The van der Waals surface area contributed by atoms with Crippen molar-refractivity contribution in [3.05, 3.63) is 0 Å². The van der Waals surface area contributed by atoms with E-state index in [1.165, 1.54) is 0 Å². The molecule has 0 bridgehead atoms. The van der Waals surface area contributed by atoms with E-state index in [0.717, 1.165) is 32.9 Å². The van der Waals surface area contributed by atoms with Crippen molar-refractivity contribution in [2.24, 2.45) is 0 Å². The van der Waals surface area contributed by atoms with Crippen LogP contribution < -0.4 is 0 Å². The van der Waals surface area contributed by atoms with Crippen LogP contribution in [0.3, 0.4) is 0 Å². The average molecular weight is 298 g/mol. The molecule has 0 N–H and O–H groups in total. The number of halogens is 1. The van der Waals surface area contributed by atoms with Gasteiger partial charge in [0.25, 0.3) is 0 Å². The predicted molar refractivity (Wildman–Crippen MR) is 62.9 cm³/mol. The van der Waals surface area contributed by atoms with Crippen molar-refractivity contribution in [3.8, 4) is 0 Å². The van der Waals surface area contributed by atoms with Crippen LogP contribution in [-0.4, -0.2) is 48.2 Å². The van der Waals surface area contributed by atoms with E-state index in [-0.39, 0.29) is 0 Å². The van der Waals surface area contributed by atoms with Crippen LogP contribution in [0.5, 0.6) is 0 Å². The number of hydrogen-bond donors (Lipinski definition) is 0. The average Bonchev–Trinajstić information content (AvgIpc) is 2.04. The van der Waals surface area contributed by atoms with Gasteiger partial charge in [-0.2, -0.15) is 0 Å². The van der Waals surface area contributed by atoms with Gasteiger partial charge in [0.1, 0.15) is 29.7 Å². The molecule has 0 spiro atoms. The Kier molecular flexibility index (Phi) is 4.41. The first kappa shape index (κ1) is 11.7. The van der Waals surface area contributed by atoms with Crippen LogP contribution in [0.2, 0.25) is 0 Å². The van der Waals surface area contributed by atoms with E-state index in [4.69, 9.17) is 3.07 Å². The number of piperazine rings is 1. The van der Waals surface area contributed by atoms with Gasteiger partial charge in [0.15, 0.2) is 0 Å². The molecule has 0 radical (unpaired) electrons. The van der Waals surface area contributed by atoms with Gasteiger partial charge in [0.05, 0.1) is 0 Å². The normalized spacial score (nSPS) is 22.2. The second-order valence-corrected chi connectivity index (χ2v) is 5.14. The zero-order valence-electron chi connectivity index (χ0n) is 8.72. The summed E-state index contributed by atoms with van der Waals surface area (Å²) in [7, 11) is 0. The first-order valence-corrected chi connectivity index (χ1v) is 5.63. The molecular formula is C9H19IN2O. The molecule has 1 aliphatic heterocycles. The maximum absolute atomic E-state index is 5.08. The largest absolute Gasteiger partial charge is 0.300 e. The lowest BCUT2D eigenvalue weighted by atomic mass is 10.1. The van der Waals surface area contributed by atoms with Gasteiger partial charge >= 0.3 is 0 Å². The Hall–Kier alpha value is 0.610. The predicted octanol–water partition coefficient (Wildman–Crippen LogP) is 1.73. The SMILES string of the molecule is CC(C)(C)N1CCN(COI)CC1.